The van der Waals surface area contributed by atoms with Gasteiger partial charge in [-0.05, 0) is 38.8 Å². The minimum absolute atomic E-state index is 0.0971. The quantitative estimate of drug-likeness (QED) is 0.582. The van der Waals surface area contributed by atoms with Gasteiger partial charge in [-0.15, -0.1) is 11.3 Å². The van der Waals surface area contributed by atoms with Gasteiger partial charge in [-0.3, -0.25) is 9.69 Å². The Hall–Kier alpha value is -1.82. The van der Waals surface area contributed by atoms with Crippen molar-refractivity contribution < 1.29 is 17.7 Å². The van der Waals surface area contributed by atoms with Crippen LogP contribution in [0.25, 0.3) is 10.7 Å². The number of sulfonamides is 1. The fourth-order valence-corrected chi connectivity index (χ4v) is 7.53. The summed E-state index contributed by atoms with van der Waals surface area (Å²) in [6.07, 6.45) is 2.88. The lowest BCUT2D eigenvalue weighted by Crippen LogP contribution is -2.52. The molecule has 2 aliphatic heterocycles. The van der Waals surface area contributed by atoms with Gasteiger partial charge in [0.25, 0.3) is 0 Å². The van der Waals surface area contributed by atoms with Crippen LogP contribution in [-0.4, -0.2) is 84.4 Å². The van der Waals surface area contributed by atoms with E-state index in [-0.39, 0.29) is 11.8 Å². The average molecular weight is 496 g/mol. The molecule has 2 fully saturated rings. The maximum absolute atomic E-state index is 13.4. The van der Waals surface area contributed by atoms with Gasteiger partial charge in [0.05, 0.1) is 9.77 Å². The molecule has 0 saturated carbocycles. The van der Waals surface area contributed by atoms with Crippen LogP contribution in [0.15, 0.2) is 15.5 Å². The number of aromatic nitrogens is 2. The predicted octanol–water partition coefficient (Wildman–Crippen LogP) is 2.62. The molecule has 33 heavy (non-hydrogen) atoms. The molecule has 0 unspecified atom stereocenters. The Morgan fingerprint density at radius 1 is 1.15 bits per heavy atom. The van der Waals surface area contributed by atoms with E-state index >= 15 is 0 Å². The normalized spacial score (nSPS) is 19.3. The van der Waals surface area contributed by atoms with Crippen molar-refractivity contribution in [3.05, 3.63) is 16.8 Å². The van der Waals surface area contributed by atoms with E-state index in [1.54, 1.807) is 13.0 Å². The molecule has 0 atom stereocenters. The number of hydrogen-bond acceptors (Lipinski definition) is 8. The third-order valence-electron chi connectivity index (χ3n) is 6.51. The maximum atomic E-state index is 13.4. The number of piperidine rings is 1. The van der Waals surface area contributed by atoms with Crippen LogP contribution < -0.4 is 0 Å². The molecule has 2 aliphatic rings. The Balaban J connectivity index is 1.38. The van der Waals surface area contributed by atoms with Crippen LogP contribution in [0.5, 0.6) is 0 Å². The molecule has 2 aromatic heterocycles. The number of hydrogen-bond donors (Lipinski definition) is 0. The van der Waals surface area contributed by atoms with Crippen LogP contribution in [0, 0.1) is 12.8 Å². The summed E-state index contributed by atoms with van der Waals surface area (Å²) in [6.45, 7) is 11.1. The summed E-state index contributed by atoms with van der Waals surface area (Å²) in [7, 11) is -3.64. The topological polar surface area (TPSA) is 99.8 Å². The Morgan fingerprint density at radius 2 is 1.85 bits per heavy atom. The van der Waals surface area contributed by atoms with Gasteiger partial charge in [0, 0.05) is 56.5 Å². The van der Waals surface area contributed by atoms with Gasteiger partial charge >= 0.3 is 0 Å². The minimum Gasteiger partial charge on any atom is -0.340 e. The van der Waals surface area contributed by atoms with E-state index in [1.165, 1.54) is 15.6 Å². The third kappa shape index (κ3) is 5.16. The largest absolute Gasteiger partial charge is 0.340 e. The molecule has 1 amide bonds. The molecule has 0 aromatic carbocycles. The highest BCUT2D eigenvalue weighted by Crippen LogP contribution is 2.35. The second-order valence-corrected chi connectivity index (χ2v) is 11.9. The van der Waals surface area contributed by atoms with Crippen molar-refractivity contribution in [2.75, 3.05) is 45.8 Å². The van der Waals surface area contributed by atoms with Crippen molar-refractivity contribution in [2.45, 2.75) is 51.3 Å². The summed E-state index contributed by atoms with van der Waals surface area (Å²) in [5.74, 6) is 1.03. The number of nitrogens with zero attached hydrogens (tertiary/aromatic N) is 5. The molecular formula is C22H33N5O4S2. The Labute approximate surface area is 199 Å². The van der Waals surface area contributed by atoms with Crippen LogP contribution in [-0.2, 0) is 21.2 Å². The van der Waals surface area contributed by atoms with E-state index in [4.69, 9.17) is 4.52 Å². The van der Waals surface area contributed by atoms with Crippen molar-refractivity contribution in [1.29, 1.82) is 0 Å². The van der Waals surface area contributed by atoms with Gasteiger partial charge < -0.3 is 9.42 Å². The second-order valence-electron chi connectivity index (χ2n) is 8.74. The van der Waals surface area contributed by atoms with E-state index in [1.807, 2.05) is 11.8 Å². The molecule has 11 heteroatoms. The summed E-state index contributed by atoms with van der Waals surface area (Å²) >= 11 is 1.35. The molecule has 4 rings (SSSR count). The molecule has 2 saturated heterocycles. The number of aryl methyl sites for hydroxylation is 2. The Bertz CT molecular complexity index is 1060. The van der Waals surface area contributed by atoms with Crippen LogP contribution in [0.2, 0.25) is 0 Å². The highest BCUT2D eigenvalue weighted by molar-refractivity contribution is 7.89. The first-order valence-electron chi connectivity index (χ1n) is 11.8. The second kappa shape index (κ2) is 10.2. The van der Waals surface area contributed by atoms with Gasteiger partial charge in [0.15, 0.2) is 0 Å². The van der Waals surface area contributed by atoms with Gasteiger partial charge in [-0.1, -0.05) is 19.0 Å². The van der Waals surface area contributed by atoms with Crippen molar-refractivity contribution >= 4 is 27.3 Å². The Kier molecular flexibility index (Phi) is 7.52. The highest BCUT2D eigenvalue weighted by Gasteiger charge is 2.36. The number of amides is 1. The number of rotatable bonds is 7. The Morgan fingerprint density at radius 3 is 2.45 bits per heavy atom. The molecule has 0 spiro atoms. The van der Waals surface area contributed by atoms with Crippen molar-refractivity contribution in [2.24, 2.45) is 5.92 Å². The zero-order valence-electron chi connectivity index (χ0n) is 19.6. The zero-order valence-corrected chi connectivity index (χ0v) is 21.3. The molecule has 4 heterocycles. The van der Waals surface area contributed by atoms with Gasteiger partial charge in [-0.25, -0.2) is 8.42 Å². The number of piperazine rings is 1. The van der Waals surface area contributed by atoms with Crippen molar-refractivity contribution in [3.63, 3.8) is 0 Å². The fraction of sp³-hybridized carbons (Fsp3) is 0.682. The van der Waals surface area contributed by atoms with Crippen LogP contribution in [0.1, 0.15) is 43.9 Å². The van der Waals surface area contributed by atoms with Crippen molar-refractivity contribution in [1.82, 2.24) is 24.2 Å². The van der Waals surface area contributed by atoms with Crippen molar-refractivity contribution in [3.8, 4) is 10.7 Å². The van der Waals surface area contributed by atoms with Gasteiger partial charge in [0.1, 0.15) is 0 Å². The van der Waals surface area contributed by atoms with E-state index in [2.05, 4.69) is 22.0 Å². The lowest BCUT2D eigenvalue weighted by Gasteiger charge is -2.38. The third-order valence-corrected chi connectivity index (χ3v) is 9.71. The van der Waals surface area contributed by atoms with E-state index in [0.29, 0.717) is 58.7 Å². The smallest absolute Gasteiger partial charge is 0.244 e. The zero-order chi connectivity index (χ0) is 23.6. The van der Waals surface area contributed by atoms with Crippen LogP contribution >= 0.6 is 11.3 Å². The average Bonchev–Trinajstić information content (AvgIpc) is 3.46. The molecule has 0 radical (unpaired) electrons. The van der Waals surface area contributed by atoms with Crippen LogP contribution in [0.4, 0.5) is 0 Å². The molecule has 0 bridgehead atoms. The molecular weight excluding hydrogens is 462 g/mol. The molecule has 2 aromatic rings. The summed E-state index contributed by atoms with van der Waals surface area (Å²) in [4.78, 5) is 23.4. The first kappa shape index (κ1) is 24.3. The summed E-state index contributed by atoms with van der Waals surface area (Å²) < 4.78 is 33.4. The van der Waals surface area contributed by atoms with E-state index < -0.39 is 10.0 Å². The fourth-order valence-electron chi connectivity index (χ4n) is 4.58. The first-order chi connectivity index (χ1) is 15.8. The minimum atomic E-state index is -3.64. The highest BCUT2D eigenvalue weighted by atomic mass is 32.2. The van der Waals surface area contributed by atoms with E-state index in [0.717, 1.165) is 39.1 Å². The van der Waals surface area contributed by atoms with Gasteiger partial charge in [0.2, 0.25) is 27.6 Å². The monoisotopic (exact) mass is 495 g/mol. The summed E-state index contributed by atoms with van der Waals surface area (Å²) in [6, 6.07) is 1.65. The number of carbonyl (C=O) groups is 1. The maximum Gasteiger partial charge on any atom is 0.244 e. The number of carbonyl (C=O) groups excluding carboxylic acids is 1. The summed E-state index contributed by atoms with van der Waals surface area (Å²) in [5, 5.41) is 3.97. The lowest BCUT2D eigenvalue weighted by atomic mass is 9.96. The lowest BCUT2D eigenvalue weighted by molar-refractivity contribution is -0.138. The molecule has 9 nitrogen and oxygen atoms in total. The van der Waals surface area contributed by atoms with E-state index in [9.17, 15) is 13.2 Å². The SMILES string of the molecule is CCCN1CCN(C(=O)C2CCN(S(=O)(=O)c3cc(-c4noc(CC)n4)sc3C)CC2)CC1. The van der Waals surface area contributed by atoms with Gasteiger partial charge in [-0.2, -0.15) is 9.29 Å². The standard InChI is InChI=1S/C22H33N5O4S2/c1-4-8-25-11-13-26(14-12-25)22(28)17-6-9-27(10-7-17)33(29,30)19-15-18(32-16(19)3)21-23-20(5-2)31-24-21/h15,17H,4-14H2,1-3H3. The molecule has 182 valence electrons. The first-order valence-corrected chi connectivity index (χ1v) is 14.0. The predicted molar refractivity (Wildman–Crippen MR) is 127 cm³/mol. The molecule has 0 N–H and O–H groups in total. The number of thiophene rings is 1. The summed E-state index contributed by atoms with van der Waals surface area (Å²) in [5.41, 5.74) is 0. The van der Waals surface area contributed by atoms with Crippen LogP contribution in [0.3, 0.4) is 0 Å². The molecule has 0 aliphatic carbocycles.